The summed E-state index contributed by atoms with van der Waals surface area (Å²) in [6.07, 6.45) is 2.55. The molecular formula is C25H26FN3O4S. The van der Waals surface area contributed by atoms with Gasteiger partial charge in [0, 0.05) is 37.8 Å². The molecule has 1 aliphatic heterocycles. The highest BCUT2D eigenvalue weighted by atomic mass is 32.2. The lowest BCUT2D eigenvalue weighted by Gasteiger charge is -2.30. The lowest BCUT2D eigenvalue weighted by atomic mass is 9.97. The molecule has 0 spiro atoms. The predicted octanol–water partition coefficient (Wildman–Crippen LogP) is 4.04. The first kappa shape index (κ1) is 23.8. The minimum atomic E-state index is -3.55. The number of piperidine rings is 1. The highest BCUT2D eigenvalue weighted by Crippen LogP contribution is 2.24. The summed E-state index contributed by atoms with van der Waals surface area (Å²) in [5, 5.41) is 2.91. The number of hydrogen-bond donors (Lipinski definition) is 1. The second-order valence-corrected chi connectivity index (χ2v) is 10.2. The molecule has 1 N–H and O–H groups in total. The fourth-order valence-corrected chi connectivity index (χ4v) is 5.22. The SMILES string of the molecule is Cc1ccc(S(=O)(=O)N2CCC(C(=O)NCc3ccc(Oc4ccc(F)cc4)nc3)CC2)cc1. The Bertz CT molecular complexity index is 1220. The van der Waals surface area contributed by atoms with Crippen LogP contribution in [-0.2, 0) is 21.4 Å². The van der Waals surface area contributed by atoms with E-state index in [0.29, 0.717) is 44.1 Å². The minimum Gasteiger partial charge on any atom is -0.439 e. The van der Waals surface area contributed by atoms with E-state index in [1.54, 1.807) is 42.6 Å². The summed E-state index contributed by atoms with van der Waals surface area (Å²) in [6, 6.07) is 15.9. The molecular weight excluding hydrogens is 457 g/mol. The zero-order valence-electron chi connectivity index (χ0n) is 18.8. The Kier molecular flexibility index (Phi) is 7.23. The fraction of sp³-hybridized carbons (Fsp3) is 0.280. The molecule has 1 aromatic heterocycles. The van der Waals surface area contributed by atoms with Crippen LogP contribution in [0, 0.1) is 18.7 Å². The van der Waals surface area contributed by atoms with E-state index >= 15 is 0 Å². The number of ether oxygens (including phenoxy) is 1. The molecule has 0 atom stereocenters. The molecule has 0 bridgehead atoms. The number of nitrogens with one attached hydrogen (secondary N) is 1. The lowest BCUT2D eigenvalue weighted by Crippen LogP contribution is -2.42. The smallest absolute Gasteiger partial charge is 0.243 e. The molecule has 178 valence electrons. The van der Waals surface area contributed by atoms with E-state index in [2.05, 4.69) is 10.3 Å². The molecule has 2 heterocycles. The molecule has 0 radical (unpaired) electrons. The van der Waals surface area contributed by atoms with Crippen LogP contribution in [0.25, 0.3) is 0 Å². The van der Waals surface area contributed by atoms with Crippen molar-refractivity contribution >= 4 is 15.9 Å². The van der Waals surface area contributed by atoms with Crippen molar-refractivity contribution in [2.45, 2.75) is 31.2 Å². The normalized spacial score (nSPS) is 15.1. The summed E-state index contributed by atoms with van der Waals surface area (Å²) < 4.78 is 45.7. The van der Waals surface area contributed by atoms with Crippen LogP contribution in [0.5, 0.6) is 11.6 Å². The molecule has 0 aliphatic carbocycles. The quantitative estimate of drug-likeness (QED) is 0.548. The number of nitrogens with zero attached hydrogens (tertiary/aromatic N) is 2. The molecule has 1 saturated heterocycles. The number of aryl methyl sites for hydroxylation is 1. The number of aromatic nitrogens is 1. The molecule has 1 fully saturated rings. The number of hydrogen-bond acceptors (Lipinski definition) is 5. The largest absolute Gasteiger partial charge is 0.439 e. The average Bonchev–Trinajstić information content (AvgIpc) is 2.85. The standard InChI is InChI=1S/C25H26FN3O4S/c1-18-2-9-23(10-3-18)34(31,32)29-14-12-20(13-15-29)25(30)28-17-19-4-11-24(27-16-19)33-22-7-5-21(26)6-8-22/h2-11,16,20H,12-15,17H2,1H3,(H,28,30). The van der Waals surface area contributed by atoms with Crippen molar-refractivity contribution in [1.29, 1.82) is 0 Å². The van der Waals surface area contributed by atoms with Crippen molar-refractivity contribution in [2.75, 3.05) is 13.1 Å². The average molecular weight is 484 g/mol. The van der Waals surface area contributed by atoms with Crippen molar-refractivity contribution in [1.82, 2.24) is 14.6 Å². The molecule has 1 amide bonds. The van der Waals surface area contributed by atoms with Crippen molar-refractivity contribution in [3.63, 3.8) is 0 Å². The molecule has 4 rings (SSSR count). The van der Waals surface area contributed by atoms with Crippen LogP contribution in [0.1, 0.15) is 24.0 Å². The van der Waals surface area contributed by atoms with Crippen LogP contribution in [0.2, 0.25) is 0 Å². The molecule has 2 aromatic carbocycles. The van der Waals surface area contributed by atoms with Gasteiger partial charge >= 0.3 is 0 Å². The van der Waals surface area contributed by atoms with E-state index < -0.39 is 10.0 Å². The minimum absolute atomic E-state index is 0.0981. The summed E-state index contributed by atoms with van der Waals surface area (Å²) >= 11 is 0. The maximum atomic E-state index is 13.0. The highest BCUT2D eigenvalue weighted by molar-refractivity contribution is 7.89. The number of carbonyl (C=O) groups is 1. The number of amides is 1. The molecule has 0 saturated carbocycles. The third kappa shape index (κ3) is 5.78. The summed E-state index contributed by atoms with van der Waals surface area (Å²) in [5.41, 5.74) is 1.80. The van der Waals surface area contributed by atoms with Gasteiger partial charge in [-0.15, -0.1) is 0 Å². The van der Waals surface area contributed by atoms with Crippen molar-refractivity contribution < 1.29 is 22.3 Å². The maximum absolute atomic E-state index is 13.0. The number of pyridine rings is 1. The van der Waals surface area contributed by atoms with E-state index in [1.807, 2.05) is 6.92 Å². The Hall–Kier alpha value is -3.30. The van der Waals surface area contributed by atoms with Gasteiger partial charge in [-0.25, -0.2) is 17.8 Å². The number of rotatable bonds is 7. The molecule has 3 aromatic rings. The van der Waals surface area contributed by atoms with Crippen LogP contribution >= 0.6 is 0 Å². The van der Waals surface area contributed by atoms with E-state index in [9.17, 15) is 17.6 Å². The first-order valence-corrected chi connectivity index (χ1v) is 12.5. The molecule has 34 heavy (non-hydrogen) atoms. The van der Waals surface area contributed by atoms with E-state index in [4.69, 9.17) is 4.74 Å². The van der Waals surface area contributed by atoms with E-state index in [-0.39, 0.29) is 22.5 Å². The van der Waals surface area contributed by atoms with Crippen LogP contribution < -0.4 is 10.1 Å². The summed E-state index contributed by atoms with van der Waals surface area (Å²) in [6.45, 7) is 2.84. The molecule has 7 nitrogen and oxygen atoms in total. The highest BCUT2D eigenvalue weighted by Gasteiger charge is 2.31. The summed E-state index contributed by atoms with van der Waals surface area (Å²) in [7, 11) is -3.55. The Balaban J connectivity index is 1.25. The monoisotopic (exact) mass is 483 g/mol. The van der Waals surface area contributed by atoms with Crippen molar-refractivity contribution in [2.24, 2.45) is 5.92 Å². The summed E-state index contributed by atoms with van der Waals surface area (Å²) in [5.74, 6) is 0.164. The Labute approximate surface area is 198 Å². The number of benzene rings is 2. The Morgan fingerprint density at radius 2 is 1.74 bits per heavy atom. The Morgan fingerprint density at radius 3 is 2.35 bits per heavy atom. The van der Waals surface area contributed by atoms with Crippen LogP contribution in [-0.4, -0.2) is 36.7 Å². The second kappa shape index (κ2) is 10.3. The lowest BCUT2D eigenvalue weighted by molar-refractivity contribution is -0.126. The van der Waals surface area contributed by atoms with Gasteiger partial charge in [0.1, 0.15) is 11.6 Å². The third-order valence-electron chi connectivity index (χ3n) is 5.78. The maximum Gasteiger partial charge on any atom is 0.243 e. The number of halogens is 1. The van der Waals surface area contributed by atoms with Gasteiger partial charge in [0.25, 0.3) is 0 Å². The molecule has 0 unspecified atom stereocenters. The van der Waals surface area contributed by atoms with Crippen LogP contribution in [0.15, 0.2) is 71.8 Å². The molecule has 9 heteroatoms. The van der Waals surface area contributed by atoms with Crippen molar-refractivity contribution in [3.05, 3.63) is 83.8 Å². The fourth-order valence-electron chi connectivity index (χ4n) is 3.75. The van der Waals surface area contributed by atoms with Gasteiger partial charge < -0.3 is 10.1 Å². The first-order chi connectivity index (χ1) is 16.3. The predicted molar refractivity (Wildman–Crippen MR) is 125 cm³/mol. The zero-order chi connectivity index (χ0) is 24.1. The van der Waals surface area contributed by atoms with Gasteiger partial charge in [-0.05, 0) is 61.7 Å². The van der Waals surface area contributed by atoms with Gasteiger partial charge in [-0.1, -0.05) is 23.8 Å². The number of carbonyl (C=O) groups excluding carboxylic acids is 1. The third-order valence-corrected chi connectivity index (χ3v) is 7.70. The van der Waals surface area contributed by atoms with Gasteiger partial charge in [0.05, 0.1) is 4.90 Å². The van der Waals surface area contributed by atoms with E-state index in [1.165, 1.54) is 28.6 Å². The number of sulfonamides is 1. The van der Waals surface area contributed by atoms with Gasteiger partial charge in [-0.2, -0.15) is 4.31 Å². The van der Waals surface area contributed by atoms with Gasteiger partial charge in [0.2, 0.25) is 21.8 Å². The second-order valence-electron chi connectivity index (χ2n) is 8.27. The zero-order valence-corrected chi connectivity index (χ0v) is 19.6. The molecule has 1 aliphatic rings. The van der Waals surface area contributed by atoms with Crippen molar-refractivity contribution in [3.8, 4) is 11.6 Å². The first-order valence-electron chi connectivity index (χ1n) is 11.0. The van der Waals surface area contributed by atoms with Gasteiger partial charge in [-0.3, -0.25) is 4.79 Å². The van der Waals surface area contributed by atoms with Gasteiger partial charge in [0.15, 0.2) is 0 Å². The van der Waals surface area contributed by atoms with E-state index in [0.717, 1.165) is 11.1 Å². The topological polar surface area (TPSA) is 88.6 Å². The summed E-state index contributed by atoms with van der Waals surface area (Å²) in [4.78, 5) is 17.1. The van der Waals surface area contributed by atoms with Crippen LogP contribution in [0.3, 0.4) is 0 Å². The van der Waals surface area contributed by atoms with Crippen LogP contribution in [0.4, 0.5) is 4.39 Å². The Morgan fingerprint density at radius 1 is 1.06 bits per heavy atom.